The minimum absolute atomic E-state index is 0.332. The summed E-state index contributed by atoms with van der Waals surface area (Å²) in [6.45, 7) is 0. The number of carbonyl (C=O) groups excluding carboxylic acids is 1. The monoisotopic (exact) mass is 285 g/mol. The predicted molar refractivity (Wildman–Crippen MR) is 76.1 cm³/mol. The van der Waals surface area contributed by atoms with Crippen LogP contribution in [-0.2, 0) is 4.79 Å². The van der Waals surface area contributed by atoms with Crippen LogP contribution in [0.1, 0.15) is 11.7 Å². The summed E-state index contributed by atoms with van der Waals surface area (Å²) in [5, 5.41) is 20.1. The topological polar surface area (TPSA) is 78.0 Å². The Morgan fingerprint density at radius 3 is 2.76 bits per heavy atom. The lowest BCUT2D eigenvalue weighted by Crippen LogP contribution is -2.20. The zero-order valence-corrected chi connectivity index (χ0v) is 10.9. The molecular weight excluding hydrogens is 273 g/mol. The number of H-pyrrole nitrogens is 1. The first-order chi connectivity index (χ1) is 10.1. The highest BCUT2D eigenvalue weighted by Gasteiger charge is 2.17. The van der Waals surface area contributed by atoms with Gasteiger partial charge < -0.3 is 10.4 Å². The van der Waals surface area contributed by atoms with Crippen molar-refractivity contribution in [1.29, 1.82) is 0 Å². The molecule has 5 nitrogen and oxygen atoms in total. The molecule has 0 spiro atoms. The lowest BCUT2D eigenvalue weighted by atomic mass is 10.1. The highest BCUT2D eigenvalue weighted by Crippen LogP contribution is 2.19. The van der Waals surface area contributed by atoms with Crippen molar-refractivity contribution in [2.45, 2.75) is 6.10 Å². The zero-order valence-electron chi connectivity index (χ0n) is 10.9. The van der Waals surface area contributed by atoms with Crippen molar-refractivity contribution in [1.82, 2.24) is 10.2 Å². The van der Waals surface area contributed by atoms with Crippen molar-refractivity contribution in [3.63, 3.8) is 0 Å². The number of nitrogens with one attached hydrogen (secondary N) is 2. The fourth-order valence-corrected chi connectivity index (χ4v) is 2.03. The molecule has 6 heteroatoms. The molecule has 106 valence electrons. The van der Waals surface area contributed by atoms with Crippen molar-refractivity contribution < 1.29 is 14.3 Å². The van der Waals surface area contributed by atoms with Gasteiger partial charge in [-0.2, -0.15) is 5.10 Å². The summed E-state index contributed by atoms with van der Waals surface area (Å²) in [5.74, 6) is -0.999. The third kappa shape index (κ3) is 2.75. The molecule has 0 saturated heterocycles. The molecule has 3 aromatic rings. The number of nitrogens with zero attached hydrogens (tertiary/aromatic N) is 1. The van der Waals surface area contributed by atoms with Gasteiger partial charge in [0.2, 0.25) is 0 Å². The van der Waals surface area contributed by atoms with E-state index in [1.54, 1.807) is 24.4 Å². The maximum atomic E-state index is 12.8. The molecule has 0 fully saturated rings. The maximum absolute atomic E-state index is 12.8. The number of anilines is 1. The third-order valence-electron chi connectivity index (χ3n) is 3.14. The Morgan fingerprint density at radius 2 is 2.00 bits per heavy atom. The number of hydrogen-bond donors (Lipinski definition) is 3. The number of benzene rings is 2. The van der Waals surface area contributed by atoms with Gasteiger partial charge >= 0.3 is 0 Å². The number of amides is 1. The van der Waals surface area contributed by atoms with Gasteiger partial charge in [0.15, 0.2) is 6.10 Å². The molecule has 0 aliphatic carbocycles. The average Bonchev–Trinajstić information content (AvgIpc) is 2.95. The first kappa shape index (κ1) is 13.3. The summed E-state index contributed by atoms with van der Waals surface area (Å²) < 4.78 is 12.8. The zero-order chi connectivity index (χ0) is 14.8. The van der Waals surface area contributed by atoms with Gasteiger partial charge in [-0.25, -0.2) is 4.39 Å². The van der Waals surface area contributed by atoms with Gasteiger partial charge in [0.25, 0.3) is 5.91 Å². The highest BCUT2D eigenvalue weighted by atomic mass is 19.1. The Labute approximate surface area is 119 Å². The lowest BCUT2D eigenvalue weighted by Gasteiger charge is -2.11. The second kappa shape index (κ2) is 5.34. The van der Waals surface area contributed by atoms with Gasteiger partial charge in [0, 0.05) is 11.1 Å². The van der Waals surface area contributed by atoms with E-state index in [1.165, 1.54) is 24.3 Å². The van der Waals surface area contributed by atoms with Crippen molar-refractivity contribution in [2.24, 2.45) is 0 Å². The van der Waals surface area contributed by atoms with Crippen molar-refractivity contribution >= 4 is 22.5 Å². The number of aromatic amines is 1. The van der Waals surface area contributed by atoms with E-state index in [-0.39, 0.29) is 0 Å². The quantitative estimate of drug-likeness (QED) is 0.691. The first-order valence-corrected chi connectivity index (χ1v) is 6.31. The minimum atomic E-state index is -1.36. The summed E-state index contributed by atoms with van der Waals surface area (Å²) in [5.41, 5.74) is 1.74. The fraction of sp³-hybridized carbons (Fsp3) is 0.0667. The smallest absolute Gasteiger partial charge is 0.257 e. The highest BCUT2D eigenvalue weighted by molar-refractivity contribution is 5.96. The largest absolute Gasteiger partial charge is 0.378 e. The maximum Gasteiger partial charge on any atom is 0.257 e. The van der Waals surface area contributed by atoms with Crippen LogP contribution in [0.3, 0.4) is 0 Å². The molecule has 1 amide bonds. The second-order valence-corrected chi connectivity index (χ2v) is 4.62. The Kier molecular flexibility index (Phi) is 3.37. The van der Waals surface area contributed by atoms with E-state index in [1.807, 2.05) is 0 Å². The fourth-order valence-electron chi connectivity index (χ4n) is 2.03. The molecule has 1 aromatic heterocycles. The molecule has 0 aliphatic heterocycles. The number of rotatable bonds is 3. The first-order valence-electron chi connectivity index (χ1n) is 6.31. The molecule has 0 saturated carbocycles. The van der Waals surface area contributed by atoms with E-state index < -0.39 is 17.8 Å². The molecule has 0 aliphatic rings. The molecule has 2 aromatic carbocycles. The van der Waals surface area contributed by atoms with Crippen LogP contribution >= 0.6 is 0 Å². The van der Waals surface area contributed by atoms with Crippen LogP contribution in [-0.4, -0.2) is 21.2 Å². The SMILES string of the molecule is O=C(Nc1ccc2[nH]ncc2c1)C(O)c1ccc(F)cc1. The van der Waals surface area contributed by atoms with Crippen LogP contribution < -0.4 is 5.32 Å². The number of aliphatic hydroxyl groups is 1. The van der Waals surface area contributed by atoms with Crippen LogP contribution in [0.4, 0.5) is 10.1 Å². The van der Waals surface area contributed by atoms with Gasteiger partial charge in [0.1, 0.15) is 5.82 Å². The lowest BCUT2D eigenvalue weighted by molar-refractivity contribution is -0.124. The van der Waals surface area contributed by atoms with Crippen molar-refractivity contribution in [3.05, 3.63) is 60.0 Å². The summed E-state index contributed by atoms with van der Waals surface area (Å²) in [6.07, 6.45) is 0.284. The van der Waals surface area contributed by atoms with Gasteiger partial charge in [-0.05, 0) is 35.9 Å². The van der Waals surface area contributed by atoms with Crippen LogP contribution in [0, 0.1) is 5.82 Å². The summed E-state index contributed by atoms with van der Waals surface area (Å²) in [4.78, 5) is 12.0. The number of aliphatic hydroxyl groups excluding tert-OH is 1. The number of hydrogen-bond acceptors (Lipinski definition) is 3. The molecule has 1 unspecified atom stereocenters. The van der Waals surface area contributed by atoms with Crippen LogP contribution in [0.5, 0.6) is 0 Å². The van der Waals surface area contributed by atoms with Crippen molar-refractivity contribution in [3.8, 4) is 0 Å². The van der Waals surface area contributed by atoms with Crippen LogP contribution in [0.2, 0.25) is 0 Å². The van der Waals surface area contributed by atoms with E-state index in [4.69, 9.17) is 0 Å². The second-order valence-electron chi connectivity index (χ2n) is 4.62. The van der Waals surface area contributed by atoms with E-state index in [2.05, 4.69) is 15.5 Å². The number of halogens is 1. The number of fused-ring (bicyclic) bond motifs is 1. The molecule has 0 bridgehead atoms. The van der Waals surface area contributed by atoms with Gasteiger partial charge in [-0.15, -0.1) is 0 Å². The Bertz CT molecular complexity index is 783. The molecule has 1 atom stereocenters. The van der Waals surface area contributed by atoms with Gasteiger partial charge in [0.05, 0.1) is 11.7 Å². The molecule has 21 heavy (non-hydrogen) atoms. The third-order valence-corrected chi connectivity index (χ3v) is 3.14. The number of carbonyl (C=O) groups is 1. The van der Waals surface area contributed by atoms with E-state index in [0.29, 0.717) is 11.3 Å². The predicted octanol–water partition coefficient (Wildman–Crippen LogP) is 2.37. The molecule has 3 N–H and O–H groups in total. The van der Waals surface area contributed by atoms with E-state index in [0.717, 1.165) is 10.9 Å². The van der Waals surface area contributed by atoms with Crippen LogP contribution in [0.15, 0.2) is 48.7 Å². The Balaban J connectivity index is 1.77. The summed E-state index contributed by atoms with van der Waals surface area (Å²) in [6, 6.07) is 10.4. The molecular formula is C15H12FN3O2. The number of aromatic nitrogens is 2. The van der Waals surface area contributed by atoms with Gasteiger partial charge in [-0.3, -0.25) is 9.89 Å². The Morgan fingerprint density at radius 1 is 1.24 bits per heavy atom. The standard InChI is InChI=1S/C15H12FN3O2/c16-11-3-1-9(2-4-11)14(20)15(21)18-12-5-6-13-10(7-12)8-17-19-13/h1-8,14,20H,(H,17,19)(H,18,21). The van der Waals surface area contributed by atoms with Crippen LogP contribution in [0.25, 0.3) is 10.9 Å². The van der Waals surface area contributed by atoms with Gasteiger partial charge in [-0.1, -0.05) is 12.1 Å². The normalized spacial score (nSPS) is 12.3. The molecule has 3 rings (SSSR count). The average molecular weight is 285 g/mol. The molecule has 1 heterocycles. The van der Waals surface area contributed by atoms with E-state index >= 15 is 0 Å². The van der Waals surface area contributed by atoms with Crippen molar-refractivity contribution in [2.75, 3.05) is 5.32 Å². The molecule has 0 radical (unpaired) electrons. The summed E-state index contributed by atoms with van der Waals surface area (Å²) in [7, 11) is 0. The minimum Gasteiger partial charge on any atom is -0.378 e. The Hall–Kier alpha value is -2.73. The van der Waals surface area contributed by atoms with E-state index in [9.17, 15) is 14.3 Å². The summed E-state index contributed by atoms with van der Waals surface area (Å²) >= 11 is 0.